The number of ether oxygens (including phenoxy) is 2. The Morgan fingerprint density at radius 1 is 1.36 bits per heavy atom. The number of aryl methyl sites for hydroxylation is 1. The van der Waals surface area contributed by atoms with Crippen molar-refractivity contribution < 1.29 is 14.3 Å². The van der Waals surface area contributed by atoms with E-state index in [0.29, 0.717) is 13.1 Å². The fourth-order valence-corrected chi connectivity index (χ4v) is 3.37. The lowest BCUT2D eigenvalue weighted by Gasteiger charge is -2.18. The highest BCUT2D eigenvalue weighted by atomic mass is 16.5. The predicted molar refractivity (Wildman–Crippen MR) is 79.3 cm³/mol. The van der Waals surface area contributed by atoms with Crippen LogP contribution >= 0.6 is 0 Å². The lowest BCUT2D eigenvalue weighted by atomic mass is 10.0. The van der Waals surface area contributed by atoms with Crippen LogP contribution in [0.1, 0.15) is 37.3 Å². The zero-order chi connectivity index (χ0) is 15.5. The van der Waals surface area contributed by atoms with Crippen molar-refractivity contribution in [3.8, 4) is 0 Å². The van der Waals surface area contributed by atoms with Crippen LogP contribution in [0, 0.1) is 0 Å². The first kappa shape index (κ1) is 15.4. The number of amides is 1. The van der Waals surface area contributed by atoms with Crippen molar-refractivity contribution in [3.05, 3.63) is 11.9 Å². The first-order valence-electron chi connectivity index (χ1n) is 7.95. The molecule has 0 unspecified atom stereocenters. The largest absolute Gasteiger partial charge is 0.379 e. The molecule has 7 nitrogen and oxygen atoms in total. The molecule has 1 saturated heterocycles. The second-order valence-corrected chi connectivity index (χ2v) is 6.21. The molecule has 22 heavy (non-hydrogen) atoms. The Balaban J connectivity index is 1.57. The highest BCUT2D eigenvalue weighted by Crippen LogP contribution is 2.28. The van der Waals surface area contributed by atoms with E-state index in [9.17, 15) is 4.79 Å². The molecule has 0 aromatic carbocycles. The SMILES string of the molecule is CO[C@@H]1CN(C(=O)COC2CCCC2)C[C@H]1c1cn(C)nn1. The molecule has 1 aromatic rings. The molecule has 1 aromatic heterocycles. The highest BCUT2D eigenvalue weighted by molar-refractivity contribution is 5.78. The summed E-state index contributed by atoms with van der Waals surface area (Å²) in [5.74, 6) is 0.120. The summed E-state index contributed by atoms with van der Waals surface area (Å²) in [5.41, 5.74) is 0.876. The predicted octanol–water partition coefficient (Wildman–Crippen LogP) is 0.715. The number of hydrogen-bond donors (Lipinski definition) is 0. The maximum absolute atomic E-state index is 12.3. The van der Waals surface area contributed by atoms with Crippen molar-refractivity contribution in [1.29, 1.82) is 0 Å². The van der Waals surface area contributed by atoms with Gasteiger partial charge in [-0.25, -0.2) is 0 Å². The summed E-state index contributed by atoms with van der Waals surface area (Å²) in [6, 6.07) is 0. The van der Waals surface area contributed by atoms with E-state index in [1.54, 1.807) is 11.8 Å². The lowest BCUT2D eigenvalue weighted by molar-refractivity contribution is -0.137. The third kappa shape index (κ3) is 3.30. The molecule has 0 bridgehead atoms. The molecule has 2 fully saturated rings. The standard InChI is InChI=1S/C15H24N4O3/c1-18-8-13(16-17-18)12-7-19(9-14(12)21-2)15(20)10-22-11-5-3-4-6-11/h8,11-12,14H,3-7,9-10H2,1-2H3/t12-,14+/m0/s1. The van der Waals surface area contributed by atoms with Gasteiger partial charge in [0.2, 0.25) is 5.91 Å². The van der Waals surface area contributed by atoms with E-state index in [-0.39, 0.29) is 30.6 Å². The molecule has 1 aliphatic carbocycles. The molecule has 7 heteroatoms. The molecule has 0 spiro atoms. The number of hydrogen-bond acceptors (Lipinski definition) is 5. The van der Waals surface area contributed by atoms with Crippen LogP contribution in [0.15, 0.2) is 6.20 Å². The van der Waals surface area contributed by atoms with Gasteiger partial charge in [0.05, 0.1) is 23.8 Å². The normalized spacial score (nSPS) is 26.0. The zero-order valence-electron chi connectivity index (χ0n) is 13.3. The minimum atomic E-state index is -0.0351. The Labute approximate surface area is 130 Å². The molecule has 1 aliphatic heterocycles. The Morgan fingerprint density at radius 3 is 2.77 bits per heavy atom. The Hall–Kier alpha value is -1.47. The van der Waals surface area contributed by atoms with Crippen LogP contribution in [-0.4, -0.2) is 64.8 Å². The molecule has 2 heterocycles. The molecule has 1 saturated carbocycles. The minimum absolute atomic E-state index is 0.0351. The number of methoxy groups -OCH3 is 1. The van der Waals surface area contributed by atoms with E-state index in [1.165, 1.54) is 12.8 Å². The van der Waals surface area contributed by atoms with Crippen LogP contribution < -0.4 is 0 Å². The van der Waals surface area contributed by atoms with Crippen molar-refractivity contribution >= 4 is 5.91 Å². The maximum atomic E-state index is 12.3. The maximum Gasteiger partial charge on any atom is 0.248 e. The third-order valence-electron chi connectivity index (χ3n) is 4.67. The minimum Gasteiger partial charge on any atom is -0.379 e. The molecule has 2 atom stereocenters. The van der Waals surface area contributed by atoms with Gasteiger partial charge in [0.25, 0.3) is 0 Å². The number of carbonyl (C=O) groups excluding carboxylic acids is 1. The number of nitrogens with zero attached hydrogens (tertiary/aromatic N) is 4. The molecule has 0 radical (unpaired) electrons. The van der Waals surface area contributed by atoms with Crippen LogP contribution in [0.25, 0.3) is 0 Å². The average molecular weight is 308 g/mol. The Morgan fingerprint density at radius 2 is 2.14 bits per heavy atom. The summed E-state index contributed by atoms with van der Waals surface area (Å²) in [4.78, 5) is 14.2. The second kappa shape index (κ2) is 6.75. The van der Waals surface area contributed by atoms with E-state index >= 15 is 0 Å². The smallest absolute Gasteiger partial charge is 0.248 e. The fourth-order valence-electron chi connectivity index (χ4n) is 3.37. The summed E-state index contributed by atoms with van der Waals surface area (Å²) in [6.45, 7) is 1.38. The first-order chi connectivity index (χ1) is 10.7. The van der Waals surface area contributed by atoms with Crippen LogP contribution in [0.4, 0.5) is 0 Å². The van der Waals surface area contributed by atoms with Gasteiger partial charge in [-0.2, -0.15) is 0 Å². The van der Waals surface area contributed by atoms with E-state index in [0.717, 1.165) is 18.5 Å². The van der Waals surface area contributed by atoms with Crippen LogP contribution in [-0.2, 0) is 21.3 Å². The summed E-state index contributed by atoms with van der Waals surface area (Å²) in [6.07, 6.45) is 6.70. The second-order valence-electron chi connectivity index (χ2n) is 6.21. The quantitative estimate of drug-likeness (QED) is 0.801. The van der Waals surface area contributed by atoms with Crippen molar-refractivity contribution in [3.63, 3.8) is 0 Å². The lowest BCUT2D eigenvalue weighted by Crippen LogP contribution is -2.34. The molecule has 122 valence electrons. The van der Waals surface area contributed by atoms with Gasteiger partial charge in [0, 0.05) is 33.4 Å². The van der Waals surface area contributed by atoms with E-state index in [2.05, 4.69) is 10.3 Å². The van der Waals surface area contributed by atoms with Gasteiger partial charge in [-0.15, -0.1) is 5.10 Å². The monoisotopic (exact) mass is 308 g/mol. The number of carbonyl (C=O) groups is 1. The third-order valence-corrected chi connectivity index (χ3v) is 4.67. The van der Waals surface area contributed by atoms with Crippen LogP contribution in [0.3, 0.4) is 0 Å². The summed E-state index contributed by atoms with van der Waals surface area (Å²) >= 11 is 0. The molecule has 1 amide bonds. The molecule has 2 aliphatic rings. The van der Waals surface area contributed by atoms with E-state index in [4.69, 9.17) is 9.47 Å². The Kier molecular flexibility index (Phi) is 4.73. The summed E-state index contributed by atoms with van der Waals surface area (Å²) in [5, 5.41) is 8.13. The number of aromatic nitrogens is 3. The van der Waals surface area contributed by atoms with E-state index < -0.39 is 0 Å². The van der Waals surface area contributed by atoms with Gasteiger partial charge >= 0.3 is 0 Å². The van der Waals surface area contributed by atoms with Gasteiger partial charge in [-0.1, -0.05) is 18.1 Å². The first-order valence-corrected chi connectivity index (χ1v) is 7.95. The average Bonchev–Trinajstić information content (AvgIpc) is 3.24. The van der Waals surface area contributed by atoms with Crippen LogP contribution in [0.5, 0.6) is 0 Å². The summed E-state index contributed by atoms with van der Waals surface area (Å²) in [7, 11) is 3.52. The topological polar surface area (TPSA) is 69.5 Å². The highest BCUT2D eigenvalue weighted by Gasteiger charge is 2.38. The van der Waals surface area contributed by atoms with Gasteiger partial charge in [0.15, 0.2) is 0 Å². The van der Waals surface area contributed by atoms with Gasteiger partial charge in [-0.05, 0) is 12.8 Å². The molecule has 0 N–H and O–H groups in total. The Bertz CT molecular complexity index is 513. The van der Waals surface area contributed by atoms with Gasteiger partial charge in [0.1, 0.15) is 6.61 Å². The molecular weight excluding hydrogens is 284 g/mol. The molecular formula is C15H24N4O3. The van der Waals surface area contributed by atoms with E-state index in [1.807, 2.05) is 18.1 Å². The summed E-state index contributed by atoms with van der Waals surface area (Å²) < 4.78 is 12.9. The van der Waals surface area contributed by atoms with Gasteiger partial charge < -0.3 is 14.4 Å². The number of likely N-dealkylation sites (tertiary alicyclic amines) is 1. The van der Waals surface area contributed by atoms with Crippen molar-refractivity contribution in [2.24, 2.45) is 7.05 Å². The molecule has 3 rings (SSSR count). The van der Waals surface area contributed by atoms with Gasteiger partial charge in [-0.3, -0.25) is 9.48 Å². The van der Waals surface area contributed by atoms with Crippen molar-refractivity contribution in [2.45, 2.75) is 43.8 Å². The van der Waals surface area contributed by atoms with Crippen LogP contribution in [0.2, 0.25) is 0 Å². The number of rotatable bonds is 5. The van der Waals surface area contributed by atoms with Crippen molar-refractivity contribution in [2.75, 3.05) is 26.8 Å². The zero-order valence-corrected chi connectivity index (χ0v) is 13.3. The van der Waals surface area contributed by atoms with Crippen molar-refractivity contribution in [1.82, 2.24) is 19.9 Å². The fraction of sp³-hybridized carbons (Fsp3) is 0.800.